The van der Waals surface area contributed by atoms with Gasteiger partial charge in [0.15, 0.2) is 5.17 Å². The maximum atomic E-state index is 13.0. The number of rotatable bonds is 4. The summed E-state index contributed by atoms with van der Waals surface area (Å²) in [5.74, 6) is -0.969. The van der Waals surface area contributed by atoms with Gasteiger partial charge in [0.1, 0.15) is 11.1 Å². The fourth-order valence-electron chi connectivity index (χ4n) is 2.12. The highest BCUT2D eigenvalue weighted by molar-refractivity contribution is 8.15. The Labute approximate surface area is 133 Å². The van der Waals surface area contributed by atoms with Gasteiger partial charge in [-0.3, -0.25) is 14.6 Å². The highest BCUT2D eigenvalue weighted by Crippen LogP contribution is 2.30. The Morgan fingerprint density at radius 2 is 2.05 bits per heavy atom. The van der Waals surface area contributed by atoms with Crippen LogP contribution >= 0.6 is 11.8 Å². The number of thioether (sulfide) groups is 1. The smallest absolute Gasteiger partial charge is 0.247 e. The minimum absolute atomic E-state index is 0.120. The Hall–Kier alpha value is -1.89. The second-order valence-electron chi connectivity index (χ2n) is 4.66. The SMILES string of the molecule is CCN=C(NCC)S[C@H]1CC(=O)N(c2ccc(F)cc2)C1=O. The minimum Gasteiger partial charge on any atom is -0.365 e. The molecule has 1 fully saturated rings. The average Bonchev–Trinajstić information content (AvgIpc) is 2.75. The van der Waals surface area contributed by atoms with Gasteiger partial charge < -0.3 is 5.32 Å². The van der Waals surface area contributed by atoms with Crippen LogP contribution in [0.25, 0.3) is 0 Å². The second kappa shape index (κ2) is 7.40. The van der Waals surface area contributed by atoms with Gasteiger partial charge in [0, 0.05) is 19.5 Å². The highest BCUT2D eigenvalue weighted by atomic mass is 32.2. The third kappa shape index (κ3) is 3.65. The maximum Gasteiger partial charge on any atom is 0.247 e. The Balaban J connectivity index is 2.14. The molecule has 1 N–H and O–H groups in total. The lowest BCUT2D eigenvalue weighted by Crippen LogP contribution is -2.32. The molecule has 0 aromatic heterocycles. The number of nitrogens with zero attached hydrogens (tertiary/aromatic N) is 2. The molecule has 1 saturated heterocycles. The number of amides is 2. The summed E-state index contributed by atoms with van der Waals surface area (Å²) in [6.45, 7) is 5.15. The van der Waals surface area contributed by atoms with E-state index in [2.05, 4.69) is 10.3 Å². The quantitative estimate of drug-likeness (QED) is 0.524. The first-order chi connectivity index (χ1) is 10.6. The number of carbonyl (C=O) groups is 2. The fourth-order valence-corrected chi connectivity index (χ4v) is 3.25. The molecule has 118 valence electrons. The number of anilines is 1. The first-order valence-electron chi connectivity index (χ1n) is 7.14. The Morgan fingerprint density at radius 3 is 2.64 bits per heavy atom. The van der Waals surface area contributed by atoms with Gasteiger partial charge in [-0.2, -0.15) is 0 Å². The molecule has 1 heterocycles. The van der Waals surface area contributed by atoms with Crippen LogP contribution in [0.3, 0.4) is 0 Å². The molecule has 0 spiro atoms. The van der Waals surface area contributed by atoms with E-state index in [1.165, 1.54) is 36.0 Å². The molecular formula is C15H18FN3O2S. The molecule has 0 saturated carbocycles. The van der Waals surface area contributed by atoms with E-state index in [1.807, 2.05) is 13.8 Å². The molecule has 7 heteroatoms. The highest BCUT2D eigenvalue weighted by Gasteiger charge is 2.40. The lowest BCUT2D eigenvalue weighted by Gasteiger charge is -2.15. The van der Waals surface area contributed by atoms with Gasteiger partial charge >= 0.3 is 0 Å². The van der Waals surface area contributed by atoms with Gasteiger partial charge in [0.25, 0.3) is 0 Å². The van der Waals surface area contributed by atoms with Gasteiger partial charge in [0.2, 0.25) is 11.8 Å². The number of carbonyl (C=O) groups excluding carboxylic acids is 2. The zero-order valence-electron chi connectivity index (χ0n) is 12.5. The molecule has 1 aromatic rings. The maximum absolute atomic E-state index is 13.0. The molecule has 2 rings (SSSR count). The number of imide groups is 1. The summed E-state index contributed by atoms with van der Waals surface area (Å²) in [4.78, 5) is 30.0. The summed E-state index contributed by atoms with van der Waals surface area (Å²) in [5, 5.41) is 3.25. The first-order valence-corrected chi connectivity index (χ1v) is 8.02. The van der Waals surface area contributed by atoms with Crippen LogP contribution in [-0.4, -0.2) is 35.3 Å². The van der Waals surface area contributed by atoms with Crippen LogP contribution in [0.1, 0.15) is 20.3 Å². The Morgan fingerprint density at radius 1 is 1.36 bits per heavy atom. The Kier molecular flexibility index (Phi) is 5.54. The van der Waals surface area contributed by atoms with Crippen molar-refractivity contribution in [1.82, 2.24) is 5.32 Å². The van der Waals surface area contributed by atoms with Gasteiger partial charge in [-0.1, -0.05) is 11.8 Å². The van der Waals surface area contributed by atoms with Gasteiger partial charge in [-0.25, -0.2) is 9.29 Å². The van der Waals surface area contributed by atoms with E-state index in [0.29, 0.717) is 23.9 Å². The summed E-state index contributed by atoms with van der Waals surface area (Å²) < 4.78 is 13.0. The van der Waals surface area contributed by atoms with Crippen molar-refractivity contribution in [3.8, 4) is 0 Å². The van der Waals surface area contributed by atoms with Gasteiger partial charge in [-0.05, 0) is 38.1 Å². The standard InChI is InChI=1S/C15H18FN3O2S/c1-3-17-15(18-4-2)22-12-9-13(20)19(14(12)21)11-7-5-10(16)6-8-11/h5-8,12H,3-4,9H2,1-2H3,(H,17,18)/t12-/m0/s1. The molecule has 1 aliphatic rings. The number of aliphatic imine (C=N–C) groups is 1. The van der Waals surface area contributed by atoms with Crippen LogP contribution in [0.4, 0.5) is 10.1 Å². The first kappa shape index (κ1) is 16.5. The summed E-state index contributed by atoms with van der Waals surface area (Å²) in [5.41, 5.74) is 0.400. The van der Waals surface area contributed by atoms with Crippen molar-refractivity contribution in [1.29, 1.82) is 0 Å². The zero-order valence-corrected chi connectivity index (χ0v) is 13.3. The number of halogens is 1. The van der Waals surface area contributed by atoms with Crippen LogP contribution < -0.4 is 10.2 Å². The summed E-state index contributed by atoms with van der Waals surface area (Å²) in [6, 6.07) is 5.34. The predicted octanol–water partition coefficient (Wildman–Crippen LogP) is 2.18. The summed E-state index contributed by atoms with van der Waals surface area (Å²) >= 11 is 1.27. The molecular weight excluding hydrogens is 305 g/mol. The second-order valence-corrected chi connectivity index (χ2v) is 5.86. The normalized spacial score (nSPS) is 19.0. The van der Waals surface area contributed by atoms with Crippen molar-refractivity contribution in [2.24, 2.45) is 4.99 Å². The van der Waals surface area contributed by atoms with Crippen LogP contribution in [0, 0.1) is 5.82 Å². The predicted molar refractivity (Wildman–Crippen MR) is 86.5 cm³/mol. The molecule has 5 nitrogen and oxygen atoms in total. The fraction of sp³-hybridized carbons (Fsp3) is 0.400. The summed E-state index contributed by atoms with van der Waals surface area (Å²) in [6.07, 6.45) is 0.120. The molecule has 0 radical (unpaired) electrons. The topological polar surface area (TPSA) is 61.8 Å². The molecule has 1 atom stereocenters. The number of hydrogen-bond acceptors (Lipinski definition) is 4. The monoisotopic (exact) mass is 323 g/mol. The minimum atomic E-state index is -0.498. The van der Waals surface area contributed by atoms with Gasteiger partial charge in [0.05, 0.1) is 5.69 Å². The zero-order chi connectivity index (χ0) is 16.1. The largest absolute Gasteiger partial charge is 0.365 e. The lowest BCUT2D eigenvalue weighted by molar-refractivity contribution is -0.121. The number of benzene rings is 1. The number of hydrogen-bond donors (Lipinski definition) is 1. The molecule has 0 bridgehead atoms. The van der Waals surface area contributed by atoms with E-state index in [0.717, 1.165) is 4.90 Å². The van der Waals surface area contributed by atoms with Crippen LogP contribution in [0.2, 0.25) is 0 Å². The number of amidine groups is 1. The van der Waals surface area contributed by atoms with Crippen molar-refractivity contribution in [3.05, 3.63) is 30.1 Å². The molecule has 2 amide bonds. The van der Waals surface area contributed by atoms with E-state index >= 15 is 0 Å². The Bertz CT molecular complexity index is 589. The van der Waals surface area contributed by atoms with Crippen LogP contribution in [0.15, 0.2) is 29.3 Å². The molecule has 0 aliphatic carbocycles. The van der Waals surface area contributed by atoms with Crippen molar-refractivity contribution in [2.75, 3.05) is 18.0 Å². The van der Waals surface area contributed by atoms with E-state index < -0.39 is 11.1 Å². The number of nitrogens with one attached hydrogen (secondary N) is 1. The molecule has 1 aliphatic heterocycles. The third-order valence-corrected chi connectivity index (χ3v) is 4.22. The van der Waals surface area contributed by atoms with Crippen molar-refractivity contribution in [2.45, 2.75) is 25.5 Å². The van der Waals surface area contributed by atoms with E-state index in [4.69, 9.17) is 0 Å². The molecule has 1 aromatic carbocycles. The lowest BCUT2D eigenvalue weighted by atomic mass is 10.3. The van der Waals surface area contributed by atoms with Crippen LogP contribution in [-0.2, 0) is 9.59 Å². The van der Waals surface area contributed by atoms with Crippen molar-refractivity contribution < 1.29 is 14.0 Å². The van der Waals surface area contributed by atoms with Crippen molar-refractivity contribution in [3.63, 3.8) is 0 Å². The average molecular weight is 323 g/mol. The summed E-state index contributed by atoms with van der Waals surface area (Å²) in [7, 11) is 0. The molecule has 0 unspecified atom stereocenters. The van der Waals surface area contributed by atoms with E-state index in [-0.39, 0.29) is 18.2 Å². The third-order valence-electron chi connectivity index (χ3n) is 3.07. The van der Waals surface area contributed by atoms with E-state index in [9.17, 15) is 14.0 Å². The van der Waals surface area contributed by atoms with Crippen molar-refractivity contribution >= 4 is 34.4 Å². The van der Waals surface area contributed by atoms with Crippen LogP contribution in [0.5, 0.6) is 0 Å². The van der Waals surface area contributed by atoms with Gasteiger partial charge in [-0.15, -0.1) is 0 Å². The molecule has 22 heavy (non-hydrogen) atoms. The van der Waals surface area contributed by atoms with E-state index in [1.54, 1.807) is 0 Å².